The van der Waals surface area contributed by atoms with Crippen LogP contribution in [0.4, 0.5) is 0 Å². The molecule has 1 fully saturated rings. The minimum absolute atomic E-state index is 0.188. The fraction of sp³-hybridized carbons (Fsp3) is 0.478. The molecule has 0 bridgehead atoms. The van der Waals surface area contributed by atoms with Crippen LogP contribution in [-0.2, 0) is 40.1 Å². The number of nitrogens with zero attached hydrogens (tertiary/aromatic N) is 1. The summed E-state index contributed by atoms with van der Waals surface area (Å²) in [7, 11) is 1.35. The van der Waals surface area contributed by atoms with E-state index < -0.39 is 42.8 Å². The number of amides is 1. The first-order valence-corrected chi connectivity index (χ1v) is 14.1. The first-order valence-electron chi connectivity index (χ1n) is 11.5. The molecule has 37 heavy (non-hydrogen) atoms. The van der Waals surface area contributed by atoms with Crippen molar-refractivity contribution < 1.29 is 38.0 Å². The number of nitrogens with one attached hydrogen (secondary N) is 2. The molecule has 0 radical (unpaired) electrons. The molecule has 204 valence electrons. The Kier molecular flexibility index (Phi) is 9.48. The van der Waals surface area contributed by atoms with Gasteiger partial charge in [-0.1, -0.05) is 24.8 Å². The summed E-state index contributed by atoms with van der Waals surface area (Å²) in [5.74, 6) is -1.96. The van der Waals surface area contributed by atoms with Gasteiger partial charge in [0, 0.05) is 19.4 Å². The number of rotatable bonds is 11. The predicted octanol–water partition coefficient (Wildman–Crippen LogP) is 1.04. The maximum absolute atomic E-state index is 12.5. The average Bonchev–Trinajstić information content (AvgIpc) is 3.08. The molecule has 1 aromatic carbocycles. The van der Waals surface area contributed by atoms with Gasteiger partial charge in [0.05, 0.1) is 12.1 Å². The second-order valence-electron chi connectivity index (χ2n) is 8.71. The van der Waals surface area contributed by atoms with Crippen molar-refractivity contribution in [2.24, 2.45) is 5.73 Å². The van der Waals surface area contributed by atoms with Gasteiger partial charge in [-0.05, 0) is 44.7 Å². The third-order valence-corrected chi connectivity index (χ3v) is 8.02. The fourth-order valence-corrected chi connectivity index (χ4v) is 6.02. The minimum atomic E-state index is -3.44. The van der Waals surface area contributed by atoms with E-state index in [1.54, 1.807) is 45.0 Å². The topological polar surface area (TPSA) is 154 Å². The van der Waals surface area contributed by atoms with Crippen LogP contribution >= 0.6 is 6.64 Å². The summed E-state index contributed by atoms with van der Waals surface area (Å²) in [6.07, 6.45) is 0.0357. The number of aliphatic hydroxyl groups excluding tert-OH is 1. The van der Waals surface area contributed by atoms with E-state index in [1.165, 1.54) is 24.3 Å². The van der Waals surface area contributed by atoms with Crippen LogP contribution in [0.15, 0.2) is 55.0 Å². The Hall–Kier alpha value is -2.35. The van der Waals surface area contributed by atoms with Gasteiger partial charge in [-0.2, -0.15) is 0 Å². The van der Waals surface area contributed by atoms with Gasteiger partial charge in [0.1, 0.15) is 30.3 Å². The number of ether oxygens (including phenoxy) is 3. The Balaban J connectivity index is 1.82. The Morgan fingerprint density at radius 1 is 1.38 bits per heavy atom. The number of aliphatic hydroxyl groups is 1. The molecule has 0 spiro atoms. The summed E-state index contributed by atoms with van der Waals surface area (Å²) in [5, 5.41) is 16.4. The molecule has 6 atom stereocenters. The minimum Gasteiger partial charge on any atom is -0.462 e. The van der Waals surface area contributed by atoms with E-state index in [-0.39, 0.29) is 24.4 Å². The number of carbonyl (C=O) groups is 2. The zero-order chi connectivity index (χ0) is 27.4. The Bertz CT molecular complexity index is 1070. The standard InChI is InChI=1S/C23H33N4O8PS/c1-14(2)33-22(30)15(3)26-36(37,35-17-9-7-6-8-10-17)32-13-23(31-5)20(24)19(29)21(34-23)27-12-11-18(28)25-16(27)4/h6-12,14-15,19-21,29H,4,13,24H2,1-3,5H3,(H,25,28)(H,26,37)/t15-,19-,20+,21-,23-,36?/m1/s1. The van der Waals surface area contributed by atoms with Crippen LogP contribution in [0.25, 0.3) is 0 Å². The number of hydrogen-bond acceptors (Lipinski definition) is 11. The first kappa shape index (κ1) is 29.2. The van der Waals surface area contributed by atoms with Gasteiger partial charge in [0.2, 0.25) is 5.79 Å². The van der Waals surface area contributed by atoms with E-state index in [4.69, 9.17) is 40.8 Å². The molecule has 14 heteroatoms. The van der Waals surface area contributed by atoms with Crippen molar-refractivity contribution in [2.75, 3.05) is 13.7 Å². The summed E-state index contributed by atoms with van der Waals surface area (Å²) in [5.41, 5.74) is 6.32. The van der Waals surface area contributed by atoms with Gasteiger partial charge < -0.3 is 44.3 Å². The van der Waals surface area contributed by atoms with Crippen LogP contribution in [0.2, 0.25) is 0 Å². The molecule has 0 aliphatic carbocycles. The highest BCUT2D eigenvalue weighted by molar-refractivity contribution is 8.09. The van der Waals surface area contributed by atoms with Gasteiger partial charge in [0.25, 0.3) is 5.91 Å². The number of methoxy groups -OCH3 is 1. The van der Waals surface area contributed by atoms with Crippen LogP contribution in [-0.4, -0.2) is 71.9 Å². The lowest BCUT2D eigenvalue weighted by Crippen LogP contribution is -2.54. The van der Waals surface area contributed by atoms with E-state index in [9.17, 15) is 14.7 Å². The fourth-order valence-electron chi connectivity index (χ4n) is 3.62. The number of carbonyl (C=O) groups excluding carboxylic acids is 2. The van der Waals surface area contributed by atoms with Crippen LogP contribution < -0.4 is 20.7 Å². The molecule has 2 heterocycles. The van der Waals surface area contributed by atoms with Crippen LogP contribution in [0.3, 0.4) is 0 Å². The van der Waals surface area contributed by atoms with Crippen molar-refractivity contribution >= 4 is 30.3 Å². The Labute approximate surface area is 220 Å². The second kappa shape index (κ2) is 12.0. The normalized spacial score (nSPS) is 28.1. The van der Waals surface area contributed by atoms with Crippen LogP contribution in [0.1, 0.15) is 20.8 Å². The summed E-state index contributed by atoms with van der Waals surface area (Å²) < 4.78 is 29.0. The van der Waals surface area contributed by atoms with Crippen LogP contribution in [0.5, 0.6) is 5.75 Å². The van der Waals surface area contributed by atoms with Crippen molar-refractivity contribution in [3.63, 3.8) is 0 Å². The van der Waals surface area contributed by atoms with Crippen molar-refractivity contribution in [3.05, 3.63) is 55.0 Å². The molecule has 2 aliphatic heterocycles. The molecule has 5 N–H and O–H groups in total. The lowest BCUT2D eigenvalue weighted by molar-refractivity contribution is -0.246. The zero-order valence-electron chi connectivity index (χ0n) is 21.0. The predicted molar refractivity (Wildman–Crippen MR) is 138 cm³/mol. The van der Waals surface area contributed by atoms with Gasteiger partial charge in [-0.3, -0.25) is 9.59 Å². The highest BCUT2D eigenvalue weighted by atomic mass is 32.5. The summed E-state index contributed by atoms with van der Waals surface area (Å²) >= 11 is 5.73. The quantitative estimate of drug-likeness (QED) is 0.227. The Morgan fingerprint density at radius 3 is 2.65 bits per heavy atom. The monoisotopic (exact) mass is 556 g/mol. The average molecular weight is 557 g/mol. The number of hydrogen-bond donors (Lipinski definition) is 4. The van der Waals surface area contributed by atoms with E-state index in [0.29, 0.717) is 5.75 Å². The third kappa shape index (κ3) is 6.95. The Morgan fingerprint density at radius 2 is 2.05 bits per heavy atom. The third-order valence-electron chi connectivity index (χ3n) is 5.54. The maximum atomic E-state index is 12.5. The number of para-hydroxylation sites is 1. The number of benzene rings is 1. The summed E-state index contributed by atoms with van der Waals surface area (Å²) in [6.45, 7) is 5.03. The number of nitrogens with two attached hydrogens (primary N) is 1. The molecule has 0 aromatic heterocycles. The highest BCUT2D eigenvalue weighted by Gasteiger charge is 2.56. The highest BCUT2D eigenvalue weighted by Crippen LogP contribution is 2.47. The van der Waals surface area contributed by atoms with Gasteiger partial charge >= 0.3 is 12.6 Å². The lowest BCUT2D eigenvalue weighted by atomic mass is 10.1. The van der Waals surface area contributed by atoms with E-state index in [2.05, 4.69) is 17.0 Å². The first-order chi connectivity index (χ1) is 17.4. The van der Waals surface area contributed by atoms with Gasteiger partial charge in [-0.15, -0.1) is 0 Å². The van der Waals surface area contributed by atoms with Gasteiger partial charge in [-0.25, -0.2) is 5.09 Å². The molecule has 1 saturated heterocycles. The maximum Gasteiger partial charge on any atom is 0.323 e. The van der Waals surface area contributed by atoms with E-state index >= 15 is 0 Å². The molecule has 0 saturated carbocycles. The van der Waals surface area contributed by atoms with E-state index in [0.717, 1.165) is 0 Å². The molecule has 2 aliphatic rings. The molecule has 3 rings (SSSR count). The smallest absolute Gasteiger partial charge is 0.323 e. The second-order valence-corrected chi connectivity index (χ2v) is 11.8. The largest absolute Gasteiger partial charge is 0.462 e. The SMILES string of the molecule is C=C1NC(=O)C=CN1[C@@H]1O[C@@](COP(=S)(N[C@H](C)C(=O)OC(C)C)Oc2ccccc2)(OC)[C@@H](N)[C@H]1O. The molecule has 1 unspecified atom stereocenters. The molecule has 1 amide bonds. The van der Waals surface area contributed by atoms with Crippen molar-refractivity contribution in [1.29, 1.82) is 0 Å². The lowest BCUT2D eigenvalue weighted by Gasteiger charge is -2.35. The van der Waals surface area contributed by atoms with Crippen molar-refractivity contribution in [1.82, 2.24) is 15.3 Å². The number of esters is 1. The van der Waals surface area contributed by atoms with Crippen molar-refractivity contribution in [2.45, 2.75) is 57.1 Å². The molecular formula is C23H33N4O8PS. The van der Waals surface area contributed by atoms with Crippen molar-refractivity contribution in [3.8, 4) is 5.75 Å². The molecule has 12 nitrogen and oxygen atoms in total. The summed E-state index contributed by atoms with van der Waals surface area (Å²) in [4.78, 5) is 25.5. The summed E-state index contributed by atoms with van der Waals surface area (Å²) in [6, 6.07) is 6.76. The van der Waals surface area contributed by atoms with Gasteiger partial charge in [0.15, 0.2) is 6.23 Å². The van der Waals surface area contributed by atoms with Crippen LogP contribution in [0, 0.1) is 0 Å². The molecular weight excluding hydrogens is 523 g/mol. The van der Waals surface area contributed by atoms with E-state index in [1.807, 2.05) is 6.07 Å². The zero-order valence-corrected chi connectivity index (χ0v) is 22.7. The molecule has 1 aromatic rings.